The number of anilines is 1. The number of amides is 1. The molecule has 102 valence electrons. The summed E-state index contributed by atoms with van der Waals surface area (Å²) in [6.07, 6.45) is 0. The minimum absolute atomic E-state index is 0.0884. The topological polar surface area (TPSA) is 41.1 Å². The normalized spacial score (nSPS) is 16.9. The van der Waals surface area contributed by atoms with Crippen LogP contribution in [0, 0.1) is 5.82 Å². The van der Waals surface area contributed by atoms with E-state index in [9.17, 15) is 9.18 Å². The Morgan fingerprint density at radius 3 is 2.90 bits per heavy atom. The van der Waals surface area contributed by atoms with Crippen molar-refractivity contribution >= 4 is 27.5 Å². The number of carbonyl (C=O) groups excluding carboxylic acids is 1. The van der Waals surface area contributed by atoms with Gasteiger partial charge in [-0.25, -0.2) is 4.39 Å². The number of halogens is 2. The predicted molar refractivity (Wildman–Crippen MR) is 78.8 cm³/mol. The van der Waals surface area contributed by atoms with Crippen molar-refractivity contribution in [2.24, 2.45) is 0 Å². The Kier molecular flexibility index (Phi) is 3.54. The van der Waals surface area contributed by atoms with E-state index in [1.54, 1.807) is 6.07 Å². The van der Waals surface area contributed by atoms with Crippen LogP contribution in [0.5, 0.6) is 0 Å². The first-order valence-corrected chi connectivity index (χ1v) is 7.01. The highest BCUT2D eigenvalue weighted by molar-refractivity contribution is 9.10. The van der Waals surface area contributed by atoms with Gasteiger partial charge in [-0.05, 0) is 29.8 Å². The molecule has 0 fully saturated rings. The Labute approximate surface area is 124 Å². The average molecular weight is 335 g/mol. The van der Waals surface area contributed by atoms with Gasteiger partial charge in [0.05, 0.1) is 0 Å². The van der Waals surface area contributed by atoms with Crippen LogP contribution in [0.3, 0.4) is 0 Å². The Bertz CT molecular complexity index is 675. The number of hydrogen-bond acceptors (Lipinski definition) is 2. The van der Waals surface area contributed by atoms with Crippen LogP contribution < -0.4 is 10.6 Å². The lowest BCUT2D eigenvalue weighted by Gasteiger charge is -2.11. The Balaban J connectivity index is 1.77. The van der Waals surface area contributed by atoms with E-state index in [0.29, 0.717) is 6.54 Å². The van der Waals surface area contributed by atoms with Gasteiger partial charge < -0.3 is 5.32 Å². The van der Waals surface area contributed by atoms with E-state index in [4.69, 9.17) is 0 Å². The molecule has 3 rings (SSSR count). The molecule has 0 bridgehead atoms. The first-order valence-electron chi connectivity index (χ1n) is 6.21. The minimum atomic E-state index is -0.402. The van der Waals surface area contributed by atoms with Crippen molar-refractivity contribution in [1.29, 1.82) is 0 Å². The second kappa shape index (κ2) is 5.34. The van der Waals surface area contributed by atoms with Gasteiger partial charge in [0.1, 0.15) is 11.9 Å². The second-order valence-electron chi connectivity index (χ2n) is 4.66. The van der Waals surface area contributed by atoms with Crippen molar-refractivity contribution in [2.75, 3.05) is 5.32 Å². The second-order valence-corrected chi connectivity index (χ2v) is 5.58. The highest BCUT2D eigenvalue weighted by atomic mass is 79.9. The standard InChI is InChI=1S/C15H12BrFN2O/c16-10-4-5-12-13(7-10)19-15(20)14(12)18-8-9-2-1-3-11(17)6-9/h1-7,14,18H,8H2,(H,19,20). The SMILES string of the molecule is O=C1Nc2cc(Br)ccc2C1NCc1cccc(F)c1. The van der Waals surface area contributed by atoms with Crippen molar-refractivity contribution in [1.82, 2.24) is 5.32 Å². The summed E-state index contributed by atoms with van der Waals surface area (Å²) in [7, 11) is 0. The van der Waals surface area contributed by atoms with E-state index >= 15 is 0 Å². The van der Waals surface area contributed by atoms with Crippen molar-refractivity contribution < 1.29 is 9.18 Å². The van der Waals surface area contributed by atoms with Gasteiger partial charge >= 0.3 is 0 Å². The van der Waals surface area contributed by atoms with Crippen LogP contribution in [0.1, 0.15) is 17.2 Å². The number of hydrogen-bond donors (Lipinski definition) is 2. The van der Waals surface area contributed by atoms with Gasteiger partial charge in [0.25, 0.3) is 0 Å². The molecular formula is C15H12BrFN2O. The zero-order valence-electron chi connectivity index (χ0n) is 10.5. The fourth-order valence-electron chi connectivity index (χ4n) is 2.30. The molecule has 1 amide bonds. The van der Waals surface area contributed by atoms with Crippen LogP contribution in [0.2, 0.25) is 0 Å². The van der Waals surface area contributed by atoms with Crippen molar-refractivity contribution in [3.05, 3.63) is 63.9 Å². The summed E-state index contributed by atoms with van der Waals surface area (Å²) >= 11 is 3.38. The molecule has 3 nitrogen and oxygen atoms in total. The Morgan fingerprint density at radius 2 is 2.10 bits per heavy atom. The number of fused-ring (bicyclic) bond motifs is 1. The van der Waals surface area contributed by atoms with Crippen LogP contribution >= 0.6 is 15.9 Å². The van der Waals surface area contributed by atoms with Gasteiger partial charge in [-0.1, -0.05) is 34.1 Å². The Morgan fingerprint density at radius 1 is 1.25 bits per heavy atom. The van der Waals surface area contributed by atoms with E-state index in [2.05, 4.69) is 26.6 Å². The number of rotatable bonds is 3. The first-order chi connectivity index (χ1) is 9.63. The molecule has 0 saturated heterocycles. The molecule has 0 aromatic heterocycles. The van der Waals surface area contributed by atoms with Crippen LogP contribution in [0.25, 0.3) is 0 Å². The zero-order chi connectivity index (χ0) is 14.1. The third-order valence-electron chi connectivity index (χ3n) is 3.25. The van der Waals surface area contributed by atoms with Gasteiger partial charge in [-0.15, -0.1) is 0 Å². The zero-order valence-corrected chi connectivity index (χ0v) is 12.1. The average Bonchev–Trinajstić information content (AvgIpc) is 2.71. The first kappa shape index (κ1) is 13.3. The summed E-state index contributed by atoms with van der Waals surface area (Å²) in [5.74, 6) is -0.362. The lowest BCUT2D eigenvalue weighted by Crippen LogP contribution is -2.27. The molecule has 0 saturated carbocycles. The highest BCUT2D eigenvalue weighted by Gasteiger charge is 2.29. The maximum Gasteiger partial charge on any atom is 0.246 e. The van der Waals surface area contributed by atoms with Crippen LogP contribution in [0.15, 0.2) is 46.9 Å². The van der Waals surface area contributed by atoms with Crippen LogP contribution in [-0.4, -0.2) is 5.91 Å². The minimum Gasteiger partial charge on any atom is -0.324 e. The van der Waals surface area contributed by atoms with Crippen molar-refractivity contribution in [2.45, 2.75) is 12.6 Å². The molecule has 2 N–H and O–H groups in total. The smallest absolute Gasteiger partial charge is 0.246 e. The van der Waals surface area contributed by atoms with E-state index in [1.807, 2.05) is 24.3 Å². The molecule has 1 unspecified atom stereocenters. The number of benzene rings is 2. The lowest BCUT2D eigenvalue weighted by atomic mass is 10.1. The van der Waals surface area contributed by atoms with Gasteiger partial charge in [-0.3, -0.25) is 10.1 Å². The molecule has 1 atom stereocenters. The van der Waals surface area contributed by atoms with Crippen molar-refractivity contribution in [3.63, 3.8) is 0 Å². The summed E-state index contributed by atoms with van der Waals surface area (Å²) < 4.78 is 14.0. The van der Waals surface area contributed by atoms with E-state index in [0.717, 1.165) is 21.3 Å². The van der Waals surface area contributed by atoms with Gasteiger partial charge in [0.2, 0.25) is 5.91 Å². The summed E-state index contributed by atoms with van der Waals surface area (Å²) in [4.78, 5) is 12.0. The van der Waals surface area contributed by atoms with Crippen LogP contribution in [0.4, 0.5) is 10.1 Å². The maximum absolute atomic E-state index is 13.1. The summed E-state index contributed by atoms with van der Waals surface area (Å²) in [5.41, 5.74) is 2.53. The molecule has 2 aromatic rings. The Hall–Kier alpha value is -1.72. The van der Waals surface area contributed by atoms with E-state index in [-0.39, 0.29) is 11.7 Å². The molecule has 5 heteroatoms. The van der Waals surface area contributed by atoms with Crippen LogP contribution in [-0.2, 0) is 11.3 Å². The predicted octanol–water partition coefficient (Wildman–Crippen LogP) is 3.37. The quantitative estimate of drug-likeness (QED) is 0.903. The third kappa shape index (κ3) is 2.59. The lowest BCUT2D eigenvalue weighted by molar-refractivity contribution is -0.117. The summed E-state index contributed by atoms with van der Waals surface area (Å²) in [6.45, 7) is 0.436. The summed E-state index contributed by atoms with van der Waals surface area (Å²) in [6, 6.07) is 11.6. The van der Waals surface area contributed by atoms with Gasteiger partial charge in [-0.2, -0.15) is 0 Å². The molecule has 1 aliphatic heterocycles. The number of carbonyl (C=O) groups is 1. The molecule has 1 aliphatic rings. The van der Waals surface area contributed by atoms with E-state index < -0.39 is 6.04 Å². The van der Waals surface area contributed by atoms with Gasteiger partial charge in [0, 0.05) is 22.3 Å². The fourth-order valence-corrected chi connectivity index (χ4v) is 2.67. The molecule has 20 heavy (non-hydrogen) atoms. The van der Waals surface area contributed by atoms with Gasteiger partial charge in [0.15, 0.2) is 0 Å². The molecule has 1 heterocycles. The number of nitrogens with one attached hydrogen (secondary N) is 2. The maximum atomic E-state index is 13.1. The summed E-state index contributed by atoms with van der Waals surface area (Å²) in [5, 5.41) is 5.99. The fraction of sp³-hybridized carbons (Fsp3) is 0.133. The molecule has 0 aliphatic carbocycles. The highest BCUT2D eigenvalue weighted by Crippen LogP contribution is 2.33. The monoisotopic (exact) mass is 334 g/mol. The molecule has 2 aromatic carbocycles. The molecular weight excluding hydrogens is 323 g/mol. The third-order valence-corrected chi connectivity index (χ3v) is 3.74. The molecule has 0 spiro atoms. The van der Waals surface area contributed by atoms with Crippen molar-refractivity contribution in [3.8, 4) is 0 Å². The van der Waals surface area contributed by atoms with E-state index in [1.165, 1.54) is 12.1 Å². The molecule has 0 radical (unpaired) electrons. The largest absolute Gasteiger partial charge is 0.324 e.